The van der Waals surface area contributed by atoms with Crippen LogP contribution in [0.2, 0.25) is 0 Å². The summed E-state index contributed by atoms with van der Waals surface area (Å²) < 4.78 is 0. The molecule has 1 fully saturated rings. The molecule has 2 aliphatic rings. The maximum atomic E-state index is 12.3. The van der Waals surface area contributed by atoms with Gasteiger partial charge in [0.2, 0.25) is 0 Å². The molecule has 0 amide bonds. The molecule has 4 aromatic rings. The number of rotatable bonds is 8. The quantitative estimate of drug-likeness (QED) is 0.175. The molecule has 3 unspecified atom stereocenters. The van der Waals surface area contributed by atoms with E-state index in [9.17, 15) is 10.2 Å². The number of aromatic hydroxyl groups is 2. The van der Waals surface area contributed by atoms with Crippen molar-refractivity contribution in [2.24, 2.45) is 0 Å². The van der Waals surface area contributed by atoms with Crippen molar-refractivity contribution in [2.75, 3.05) is 0 Å². The molecule has 5 heteroatoms. The van der Waals surface area contributed by atoms with E-state index in [1.165, 1.54) is 71.9 Å². The van der Waals surface area contributed by atoms with Crippen molar-refractivity contribution in [1.82, 2.24) is 0 Å². The number of fused-ring (bicyclic) bond motifs is 1. The first-order valence-corrected chi connectivity index (χ1v) is 26.6. The van der Waals surface area contributed by atoms with Crippen molar-refractivity contribution in [3.05, 3.63) is 129 Å². The summed E-state index contributed by atoms with van der Waals surface area (Å²) in [5.41, 5.74) is 8.87. The summed E-state index contributed by atoms with van der Waals surface area (Å²) in [6, 6.07) is 30.7. The summed E-state index contributed by atoms with van der Waals surface area (Å²) in [6.07, 6.45) is 8.00. The molecule has 0 aromatic heterocycles. The molecule has 53 heavy (non-hydrogen) atoms. The van der Waals surface area contributed by atoms with E-state index in [1.54, 1.807) is 0 Å². The van der Waals surface area contributed by atoms with Crippen LogP contribution in [-0.4, -0.2) is 20.7 Å². The van der Waals surface area contributed by atoms with E-state index in [2.05, 4.69) is 154 Å². The van der Waals surface area contributed by atoms with Gasteiger partial charge in [0.05, 0.1) is 0 Å². The number of benzene rings is 4. The summed E-state index contributed by atoms with van der Waals surface area (Å²) in [6.45, 7) is 22.9. The third-order valence-electron chi connectivity index (χ3n) is 12.2. The second kappa shape index (κ2) is 15.8. The zero-order chi connectivity index (χ0) is 38.3. The molecule has 1 saturated carbocycles. The molecule has 0 spiro atoms. The first-order chi connectivity index (χ1) is 24.9. The molecule has 0 radical (unpaired) electrons. The van der Waals surface area contributed by atoms with E-state index in [0.29, 0.717) is 11.5 Å². The van der Waals surface area contributed by atoms with Crippen LogP contribution in [-0.2, 0) is 48.6 Å². The van der Waals surface area contributed by atoms with Crippen molar-refractivity contribution in [1.29, 1.82) is 0 Å². The Morgan fingerprint density at radius 1 is 0.509 bits per heavy atom. The van der Waals surface area contributed by atoms with Crippen LogP contribution in [0.5, 0.6) is 11.5 Å². The Morgan fingerprint density at radius 2 is 0.868 bits per heavy atom. The minimum atomic E-state index is -0.339. The molecule has 1 aliphatic carbocycles. The second-order valence-corrected chi connectivity index (χ2v) is 30.3. The van der Waals surface area contributed by atoms with Gasteiger partial charge in [-0.05, 0) is 0 Å². The monoisotopic (exact) mass is 784 g/mol. The van der Waals surface area contributed by atoms with Crippen LogP contribution in [0, 0.1) is 0 Å². The van der Waals surface area contributed by atoms with Crippen LogP contribution < -0.4 is 0 Å². The van der Waals surface area contributed by atoms with E-state index in [1.807, 2.05) is 0 Å². The Bertz CT molecular complexity index is 1870. The summed E-state index contributed by atoms with van der Waals surface area (Å²) in [7, 11) is 0.545. The molecular formula is C48H64O2S2Ti. The maximum absolute atomic E-state index is 12.3. The topological polar surface area (TPSA) is 40.5 Å². The van der Waals surface area contributed by atoms with Gasteiger partial charge in [-0.2, -0.15) is 0 Å². The fourth-order valence-corrected chi connectivity index (χ4v) is 29.2. The van der Waals surface area contributed by atoms with Gasteiger partial charge in [0, 0.05) is 0 Å². The number of phenols is 2. The van der Waals surface area contributed by atoms with E-state index in [0.717, 1.165) is 33.1 Å². The standard InChI is InChI=1S/C48H64O2S2.Ti/c1-45(2,3)37-27-33(43(49)39(29-37)47(7,8)35-21-15-13-16-22-35)31-51-41-25-19-11-12-20-26-42(41)52-32-34-28-38(46(4,5)6)30-40(44(34)50)48(9,10)36-23-17-14-18-24-36;/h13-18,21-24,27-30,41-42,49-50H,11-12,19-20,25-26,31-32H2,1-10H3;/t41-,42?;/m0./s1. The Balaban J connectivity index is 1.48. The Morgan fingerprint density at radius 3 is 1.21 bits per heavy atom. The second-order valence-electron chi connectivity index (χ2n) is 18.8. The average molecular weight is 785 g/mol. The molecule has 2 nitrogen and oxygen atoms in total. The van der Waals surface area contributed by atoms with Crippen LogP contribution in [0.1, 0.15) is 152 Å². The normalized spacial score (nSPS) is 21.2. The molecule has 0 saturated heterocycles. The Labute approximate surface area is 331 Å². The van der Waals surface area contributed by atoms with Crippen LogP contribution in [0.4, 0.5) is 0 Å². The van der Waals surface area contributed by atoms with Gasteiger partial charge < -0.3 is 0 Å². The summed E-state index contributed by atoms with van der Waals surface area (Å²) in [5, 5.41) is 26.0. The summed E-state index contributed by atoms with van der Waals surface area (Å²) >= 11 is -0.339. The fourth-order valence-electron chi connectivity index (χ4n) is 8.39. The molecule has 2 N–H and O–H groups in total. The van der Waals surface area contributed by atoms with Crippen molar-refractivity contribution >= 4 is 15.9 Å². The molecule has 1 aliphatic heterocycles. The average Bonchev–Trinajstić information content (AvgIpc) is 3.39. The van der Waals surface area contributed by atoms with E-state index < -0.39 is 0 Å². The van der Waals surface area contributed by atoms with Gasteiger partial charge >= 0.3 is 334 Å². The van der Waals surface area contributed by atoms with E-state index >= 15 is 0 Å². The summed E-state index contributed by atoms with van der Waals surface area (Å²) in [4.78, 5) is 0. The molecule has 4 atom stereocenters. The van der Waals surface area contributed by atoms with Gasteiger partial charge in [0.25, 0.3) is 0 Å². The van der Waals surface area contributed by atoms with Crippen molar-refractivity contribution < 1.29 is 25.7 Å². The van der Waals surface area contributed by atoms with Crippen LogP contribution in [0.15, 0.2) is 84.9 Å². The Hall–Kier alpha value is -2.11. The van der Waals surface area contributed by atoms with Crippen LogP contribution in [0.3, 0.4) is 0 Å². The molecule has 4 aromatic carbocycles. The van der Waals surface area contributed by atoms with Gasteiger partial charge in [-0.3, -0.25) is 0 Å². The predicted molar refractivity (Wildman–Crippen MR) is 229 cm³/mol. The predicted octanol–water partition coefficient (Wildman–Crippen LogP) is 13.6. The van der Waals surface area contributed by atoms with Crippen molar-refractivity contribution in [3.8, 4) is 11.5 Å². The zero-order valence-corrected chi connectivity index (χ0v) is 37.3. The molecule has 284 valence electrons. The third-order valence-corrected chi connectivity index (χ3v) is 28.1. The van der Waals surface area contributed by atoms with Gasteiger partial charge in [-0.1, -0.05) is 0 Å². The number of phenolic OH excluding ortho intramolecular Hbond substituents is 2. The molecule has 0 bridgehead atoms. The molecular weight excluding hydrogens is 721 g/mol. The zero-order valence-electron chi connectivity index (χ0n) is 34.1. The first-order valence-electron chi connectivity index (χ1n) is 19.9. The van der Waals surface area contributed by atoms with E-state index in [-0.39, 0.29) is 53.0 Å². The van der Waals surface area contributed by atoms with Crippen LogP contribution >= 0.6 is 15.9 Å². The SMILES string of the molecule is CC(C)(C)c1cc(C[S]2=[Ti]=[S](Cc3cc(C(C)(C)C)cc(C(C)(C)c4ccccc4)c3O)[C@H]3CCCCCCC32)c(O)c(C(C)(C)c2ccccc2)c1. The van der Waals surface area contributed by atoms with Crippen LogP contribution in [0.25, 0.3) is 0 Å². The van der Waals surface area contributed by atoms with Gasteiger partial charge in [-0.15, -0.1) is 0 Å². The number of hydrogen-bond acceptors (Lipinski definition) is 2. The minimum absolute atomic E-state index is 0.0209. The first kappa shape index (κ1) is 40.6. The van der Waals surface area contributed by atoms with Crippen molar-refractivity contribution in [3.63, 3.8) is 0 Å². The molecule has 1 heterocycles. The Kier molecular flexibility index (Phi) is 12.1. The van der Waals surface area contributed by atoms with Gasteiger partial charge in [0.15, 0.2) is 0 Å². The summed E-state index contributed by atoms with van der Waals surface area (Å²) in [5.74, 6) is 3.03. The van der Waals surface area contributed by atoms with E-state index in [4.69, 9.17) is 0 Å². The van der Waals surface area contributed by atoms with Gasteiger partial charge in [-0.25, -0.2) is 0 Å². The van der Waals surface area contributed by atoms with Gasteiger partial charge in [0.1, 0.15) is 0 Å². The fraction of sp³-hybridized carbons (Fsp3) is 0.500. The number of hydrogen-bond donors (Lipinski definition) is 2. The third kappa shape index (κ3) is 8.67. The molecule has 6 rings (SSSR count). The van der Waals surface area contributed by atoms with Crippen molar-refractivity contribution in [2.45, 2.75) is 151 Å².